The summed E-state index contributed by atoms with van der Waals surface area (Å²) in [6.45, 7) is 0. The summed E-state index contributed by atoms with van der Waals surface area (Å²) < 4.78 is 0. The van der Waals surface area contributed by atoms with E-state index in [2.05, 4.69) is 0 Å². The number of aromatic carboxylic acids is 2. The van der Waals surface area contributed by atoms with Gasteiger partial charge in [0.15, 0.2) is 0 Å². The molecule has 20 heavy (non-hydrogen) atoms. The molecule has 0 aliphatic heterocycles. The van der Waals surface area contributed by atoms with Crippen LogP contribution >= 0.6 is 11.6 Å². The van der Waals surface area contributed by atoms with E-state index in [1.807, 2.05) is 0 Å². The largest absolute Gasteiger partial charge is 1.00 e. The molecule has 0 bridgehead atoms. The Morgan fingerprint density at radius 1 is 0.900 bits per heavy atom. The van der Waals surface area contributed by atoms with Crippen LogP contribution < -0.4 is 34.7 Å². The van der Waals surface area contributed by atoms with Gasteiger partial charge in [-0.15, -0.1) is 0 Å². The molecule has 0 saturated heterocycles. The zero-order valence-corrected chi connectivity index (χ0v) is 13.5. The molecule has 1 N–H and O–H groups in total. The third-order valence-corrected chi connectivity index (χ3v) is 2.35. The Bertz CT molecular complexity index is 555. The van der Waals surface area contributed by atoms with Gasteiger partial charge < -0.3 is 15.0 Å². The number of benzene rings is 2. The van der Waals surface area contributed by atoms with E-state index in [1.54, 1.807) is 30.3 Å². The van der Waals surface area contributed by atoms with Crippen LogP contribution in [-0.4, -0.2) is 17.0 Å². The van der Waals surface area contributed by atoms with Crippen LogP contribution in [0.5, 0.6) is 0 Å². The summed E-state index contributed by atoms with van der Waals surface area (Å²) >= 11 is 5.52. The Hall–Kier alpha value is -1.33. The number of halogens is 1. The van der Waals surface area contributed by atoms with Crippen LogP contribution in [0.15, 0.2) is 54.6 Å². The number of hydrogen-bond donors (Lipinski definition) is 1. The maximum Gasteiger partial charge on any atom is 1.00 e. The second-order valence-electron chi connectivity index (χ2n) is 3.47. The molecule has 2 aromatic rings. The van der Waals surface area contributed by atoms with Gasteiger partial charge in [-0.3, -0.25) is 0 Å². The molecule has 0 amide bonds. The molecule has 6 heteroatoms. The number of hydrogen-bond acceptors (Lipinski definition) is 3. The molecule has 0 radical (unpaired) electrons. The van der Waals surface area contributed by atoms with Crippen molar-refractivity contribution in [1.29, 1.82) is 0 Å². The molecule has 0 unspecified atom stereocenters. The molecule has 0 fully saturated rings. The Kier molecular flexibility index (Phi) is 8.92. The van der Waals surface area contributed by atoms with Crippen molar-refractivity contribution >= 4 is 23.5 Å². The summed E-state index contributed by atoms with van der Waals surface area (Å²) in [5, 5.41) is 19.1. The van der Waals surface area contributed by atoms with Gasteiger partial charge in [-0.05, 0) is 29.8 Å². The smallest absolute Gasteiger partial charge is 0.545 e. The van der Waals surface area contributed by atoms with Crippen LogP contribution in [0.4, 0.5) is 0 Å². The standard InChI is InChI=1S/C7H5ClO2.C7H6O2.Na/c8-6-3-1-5(2-4-6)7(9)10;8-7(9)6-4-2-1-3-5-6;/h1-4H,(H,9,10);1-5H,(H,8,9);/q;;+1/p-1. The molecule has 2 aromatic carbocycles. The monoisotopic (exact) mass is 300 g/mol. The minimum absolute atomic E-state index is 0. The molecule has 0 aromatic heterocycles. The quantitative estimate of drug-likeness (QED) is 0.729. The molecule has 0 aliphatic carbocycles. The summed E-state index contributed by atoms with van der Waals surface area (Å²) in [6, 6.07) is 14.1. The van der Waals surface area contributed by atoms with Crippen molar-refractivity contribution in [2.45, 2.75) is 0 Å². The first kappa shape index (κ1) is 18.7. The third-order valence-electron chi connectivity index (χ3n) is 2.10. The van der Waals surface area contributed by atoms with Crippen LogP contribution in [0.25, 0.3) is 0 Å². The van der Waals surface area contributed by atoms with E-state index in [0.29, 0.717) is 5.02 Å². The minimum Gasteiger partial charge on any atom is -0.545 e. The molecule has 0 heterocycles. The average molecular weight is 301 g/mol. The van der Waals surface area contributed by atoms with Gasteiger partial charge in [0.1, 0.15) is 0 Å². The summed E-state index contributed by atoms with van der Waals surface area (Å²) in [5.74, 6) is -2.06. The van der Waals surface area contributed by atoms with Crippen LogP contribution in [-0.2, 0) is 0 Å². The molecular formula is C14H10ClNaO4. The van der Waals surface area contributed by atoms with Crippen LogP contribution in [0.1, 0.15) is 20.7 Å². The molecule has 0 spiro atoms. The average Bonchev–Trinajstić information content (AvgIpc) is 2.41. The van der Waals surface area contributed by atoms with Gasteiger partial charge in [-0.25, -0.2) is 4.79 Å². The van der Waals surface area contributed by atoms with Gasteiger partial charge in [-0.1, -0.05) is 41.9 Å². The first-order valence-electron chi connectivity index (χ1n) is 5.26. The van der Waals surface area contributed by atoms with Crippen molar-refractivity contribution in [2.75, 3.05) is 0 Å². The Morgan fingerprint density at radius 2 is 1.40 bits per heavy atom. The predicted molar refractivity (Wildman–Crippen MR) is 69.2 cm³/mol. The van der Waals surface area contributed by atoms with Gasteiger partial charge in [0, 0.05) is 5.02 Å². The first-order valence-corrected chi connectivity index (χ1v) is 5.63. The molecule has 0 saturated carbocycles. The molecule has 98 valence electrons. The summed E-state index contributed by atoms with van der Waals surface area (Å²) in [4.78, 5) is 20.4. The fourth-order valence-electron chi connectivity index (χ4n) is 1.17. The Balaban J connectivity index is 0.000000345. The van der Waals surface area contributed by atoms with E-state index in [-0.39, 0.29) is 40.7 Å². The van der Waals surface area contributed by atoms with Gasteiger partial charge in [0.05, 0.1) is 11.5 Å². The summed E-state index contributed by atoms with van der Waals surface area (Å²) in [5.41, 5.74) is 0.474. The fraction of sp³-hybridized carbons (Fsp3) is 0. The Morgan fingerprint density at radius 3 is 1.75 bits per heavy atom. The van der Waals surface area contributed by atoms with Crippen molar-refractivity contribution < 1.29 is 49.4 Å². The number of carbonyl (C=O) groups excluding carboxylic acids is 1. The van der Waals surface area contributed by atoms with Crippen molar-refractivity contribution in [1.82, 2.24) is 0 Å². The van der Waals surface area contributed by atoms with E-state index in [4.69, 9.17) is 16.7 Å². The summed E-state index contributed by atoms with van der Waals surface area (Å²) in [7, 11) is 0. The zero-order chi connectivity index (χ0) is 14.3. The summed E-state index contributed by atoms with van der Waals surface area (Å²) in [6.07, 6.45) is 0. The molecule has 0 aliphatic rings. The maximum absolute atomic E-state index is 10.3. The number of carbonyl (C=O) groups is 2. The first-order chi connectivity index (χ1) is 9.00. The second-order valence-corrected chi connectivity index (χ2v) is 3.90. The second kappa shape index (κ2) is 9.55. The molecular weight excluding hydrogens is 291 g/mol. The van der Waals surface area contributed by atoms with E-state index < -0.39 is 11.9 Å². The topological polar surface area (TPSA) is 77.4 Å². The number of carboxylic acid groups (broad SMARTS) is 2. The van der Waals surface area contributed by atoms with Gasteiger partial charge in [0.25, 0.3) is 0 Å². The fourth-order valence-corrected chi connectivity index (χ4v) is 1.29. The van der Waals surface area contributed by atoms with E-state index >= 15 is 0 Å². The van der Waals surface area contributed by atoms with E-state index in [1.165, 1.54) is 24.3 Å². The van der Waals surface area contributed by atoms with Crippen molar-refractivity contribution in [3.63, 3.8) is 0 Å². The van der Waals surface area contributed by atoms with Crippen molar-refractivity contribution in [3.05, 3.63) is 70.7 Å². The third kappa shape index (κ3) is 6.73. The maximum atomic E-state index is 10.3. The van der Waals surface area contributed by atoms with Gasteiger partial charge >= 0.3 is 35.5 Å². The van der Waals surface area contributed by atoms with Gasteiger partial charge in [-0.2, -0.15) is 0 Å². The SMILES string of the molecule is O=C(O)c1ccc(Cl)cc1.O=C([O-])c1ccccc1.[Na+]. The van der Waals surface area contributed by atoms with E-state index in [9.17, 15) is 14.7 Å². The van der Waals surface area contributed by atoms with E-state index in [0.717, 1.165) is 0 Å². The number of carboxylic acids is 2. The van der Waals surface area contributed by atoms with Crippen molar-refractivity contribution in [3.8, 4) is 0 Å². The zero-order valence-electron chi connectivity index (χ0n) is 10.7. The number of rotatable bonds is 2. The predicted octanol–water partition coefficient (Wildman–Crippen LogP) is -0.908. The molecule has 2 rings (SSSR count). The Labute approximate surface area is 143 Å². The normalized spacial score (nSPS) is 8.65. The van der Waals surface area contributed by atoms with Crippen molar-refractivity contribution in [2.24, 2.45) is 0 Å². The molecule has 0 atom stereocenters. The minimum atomic E-state index is -1.13. The van der Waals surface area contributed by atoms with Gasteiger partial charge in [0.2, 0.25) is 0 Å². The van der Waals surface area contributed by atoms with Crippen LogP contribution in [0.3, 0.4) is 0 Å². The molecule has 4 nitrogen and oxygen atoms in total. The van der Waals surface area contributed by atoms with Crippen LogP contribution in [0.2, 0.25) is 5.02 Å². The van der Waals surface area contributed by atoms with Crippen LogP contribution in [0, 0.1) is 0 Å².